The van der Waals surface area contributed by atoms with Crippen molar-refractivity contribution in [2.75, 3.05) is 14.1 Å². The fraction of sp³-hybridized carbons (Fsp3) is 0.227. The Hall–Kier alpha value is -3.26. The van der Waals surface area contributed by atoms with E-state index in [2.05, 4.69) is 9.97 Å². The molecule has 0 aliphatic carbocycles. The first-order chi connectivity index (χ1) is 14.2. The van der Waals surface area contributed by atoms with Crippen molar-refractivity contribution < 1.29 is 13.2 Å². The van der Waals surface area contributed by atoms with Crippen molar-refractivity contribution in [1.82, 2.24) is 24.3 Å². The summed E-state index contributed by atoms with van der Waals surface area (Å²) in [5, 5.41) is 0. The molecule has 0 aliphatic heterocycles. The predicted molar refractivity (Wildman–Crippen MR) is 109 cm³/mol. The zero-order valence-electron chi connectivity index (χ0n) is 16.8. The minimum Gasteiger partial charge on any atom is -0.305 e. The average molecular weight is 411 g/mol. The number of rotatable bonds is 4. The summed E-state index contributed by atoms with van der Waals surface area (Å²) in [5.41, 5.74) is 4.83. The lowest BCUT2D eigenvalue weighted by Gasteiger charge is -2.11. The van der Waals surface area contributed by atoms with Gasteiger partial charge in [-0.3, -0.25) is 4.40 Å². The van der Waals surface area contributed by atoms with Crippen LogP contribution >= 0.6 is 0 Å². The first-order valence-electron chi connectivity index (χ1n) is 9.36. The van der Waals surface area contributed by atoms with Gasteiger partial charge in [0, 0.05) is 24.5 Å². The molecular weight excluding hydrogens is 391 g/mol. The van der Waals surface area contributed by atoms with E-state index in [-0.39, 0.29) is 5.69 Å². The van der Waals surface area contributed by atoms with Crippen LogP contribution in [0.2, 0.25) is 0 Å². The Labute approximate surface area is 171 Å². The van der Waals surface area contributed by atoms with Gasteiger partial charge in [0.05, 0.1) is 17.1 Å². The first kappa shape index (κ1) is 20.0. The van der Waals surface area contributed by atoms with Crippen molar-refractivity contribution in [1.29, 1.82) is 0 Å². The maximum absolute atomic E-state index is 13.2. The van der Waals surface area contributed by atoms with Gasteiger partial charge in [-0.1, -0.05) is 29.8 Å². The van der Waals surface area contributed by atoms with Crippen molar-refractivity contribution in [3.63, 3.8) is 0 Å². The summed E-state index contributed by atoms with van der Waals surface area (Å²) in [5.74, 6) is -1.17. The van der Waals surface area contributed by atoms with Crippen LogP contribution in [0.3, 0.4) is 0 Å². The monoisotopic (exact) mass is 411 g/mol. The van der Waals surface area contributed by atoms with Crippen LogP contribution in [0, 0.1) is 6.92 Å². The molecule has 0 fully saturated rings. The molecular formula is C22H20F3N5. The second kappa shape index (κ2) is 7.53. The number of aromatic nitrogens is 4. The van der Waals surface area contributed by atoms with Crippen LogP contribution in [0.1, 0.15) is 17.0 Å². The van der Waals surface area contributed by atoms with Gasteiger partial charge >= 0.3 is 6.18 Å². The smallest absolute Gasteiger partial charge is 0.305 e. The number of aryl methyl sites for hydroxylation is 1. The molecule has 0 amide bonds. The highest BCUT2D eigenvalue weighted by molar-refractivity contribution is 5.80. The molecule has 0 radical (unpaired) electrons. The third kappa shape index (κ3) is 3.91. The van der Waals surface area contributed by atoms with Gasteiger partial charge in [0.25, 0.3) is 0 Å². The summed E-state index contributed by atoms with van der Waals surface area (Å²) in [6, 6.07) is 13.1. The third-order valence-corrected chi connectivity index (χ3v) is 4.67. The molecule has 0 N–H and O–H groups in total. The highest BCUT2D eigenvalue weighted by Gasteiger charge is 2.35. The molecule has 0 unspecified atom stereocenters. The quantitative estimate of drug-likeness (QED) is 0.482. The molecule has 4 rings (SSSR count). The van der Waals surface area contributed by atoms with Crippen LogP contribution in [-0.4, -0.2) is 38.3 Å². The summed E-state index contributed by atoms with van der Waals surface area (Å²) in [7, 11) is 3.94. The van der Waals surface area contributed by atoms with Crippen LogP contribution in [0.5, 0.6) is 0 Å². The van der Waals surface area contributed by atoms with Crippen LogP contribution in [0.25, 0.3) is 28.3 Å². The van der Waals surface area contributed by atoms with E-state index in [1.807, 2.05) is 68.5 Å². The average Bonchev–Trinajstić information content (AvgIpc) is 3.06. The van der Waals surface area contributed by atoms with Gasteiger partial charge in [-0.15, -0.1) is 0 Å². The lowest BCUT2D eigenvalue weighted by Crippen LogP contribution is -2.11. The van der Waals surface area contributed by atoms with Gasteiger partial charge in [-0.2, -0.15) is 13.2 Å². The summed E-state index contributed by atoms with van der Waals surface area (Å²) in [6.45, 7) is 2.70. The van der Waals surface area contributed by atoms with E-state index in [4.69, 9.17) is 4.98 Å². The maximum atomic E-state index is 13.2. The topological polar surface area (TPSA) is 46.3 Å². The Morgan fingerprint density at radius 3 is 2.40 bits per heavy atom. The van der Waals surface area contributed by atoms with Gasteiger partial charge in [0.2, 0.25) is 5.82 Å². The van der Waals surface area contributed by atoms with E-state index in [0.29, 0.717) is 17.0 Å². The van der Waals surface area contributed by atoms with E-state index in [1.54, 1.807) is 4.40 Å². The lowest BCUT2D eigenvalue weighted by atomic mass is 10.1. The fourth-order valence-electron chi connectivity index (χ4n) is 3.34. The van der Waals surface area contributed by atoms with Gasteiger partial charge < -0.3 is 4.90 Å². The summed E-state index contributed by atoms with van der Waals surface area (Å²) < 4.78 is 41.4. The molecule has 0 saturated heterocycles. The van der Waals surface area contributed by atoms with Gasteiger partial charge in [-0.05, 0) is 44.8 Å². The van der Waals surface area contributed by atoms with E-state index in [9.17, 15) is 13.2 Å². The standard InChI is InChI=1S/C22H20F3N5/c1-14-4-6-16(7-5-14)19-20(17-8-10-26-21(27-17)22(23,24)25)30-11-9-15(13-29(2)3)12-18(30)28-19/h4-12H,13H2,1-3H3. The van der Waals surface area contributed by atoms with Gasteiger partial charge in [0.15, 0.2) is 0 Å². The molecule has 3 aromatic heterocycles. The Bertz CT molecular complexity index is 1190. The number of nitrogens with zero attached hydrogens (tertiary/aromatic N) is 5. The highest BCUT2D eigenvalue weighted by atomic mass is 19.4. The van der Waals surface area contributed by atoms with Crippen molar-refractivity contribution in [2.45, 2.75) is 19.6 Å². The number of benzene rings is 1. The Morgan fingerprint density at radius 2 is 1.73 bits per heavy atom. The molecule has 154 valence electrons. The van der Waals surface area contributed by atoms with Gasteiger partial charge in [-0.25, -0.2) is 15.0 Å². The second-order valence-corrected chi connectivity index (χ2v) is 7.44. The summed E-state index contributed by atoms with van der Waals surface area (Å²) in [4.78, 5) is 14.0. The molecule has 1 aromatic carbocycles. The maximum Gasteiger partial charge on any atom is 0.451 e. The Kier molecular flexibility index (Phi) is 5.03. The van der Waals surface area contributed by atoms with Crippen LogP contribution in [-0.2, 0) is 12.7 Å². The van der Waals surface area contributed by atoms with Crippen molar-refractivity contribution >= 4 is 5.65 Å². The number of pyridine rings is 1. The zero-order valence-corrected chi connectivity index (χ0v) is 16.8. The van der Waals surface area contributed by atoms with E-state index >= 15 is 0 Å². The summed E-state index contributed by atoms with van der Waals surface area (Å²) in [6.07, 6.45) is -1.67. The van der Waals surface area contributed by atoms with E-state index in [1.165, 1.54) is 6.07 Å². The third-order valence-electron chi connectivity index (χ3n) is 4.67. The minimum absolute atomic E-state index is 0.167. The van der Waals surface area contributed by atoms with E-state index < -0.39 is 12.0 Å². The lowest BCUT2D eigenvalue weighted by molar-refractivity contribution is -0.144. The molecule has 30 heavy (non-hydrogen) atoms. The molecule has 0 atom stereocenters. The fourth-order valence-corrected chi connectivity index (χ4v) is 3.34. The molecule has 3 heterocycles. The van der Waals surface area contributed by atoms with Crippen LogP contribution in [0.4, 0.5) is 13.2 Å². The molecule has 0 saturated carbocycles. The number of hydrogen-bond acceptors (Lipinski definition) is 4. The van der Waals surface area contributed by atoms with Gasteiger partial charge in [0.1, 0.15) is 5.65 Å². The minimum atomic E-state index is -4.63. The Morgan fingerprint density at radius 1 is 1.00 bits per heavy atom. The van der Waals surface area contributed by atoms with Crippen LogP contribution < -0.4 is 0 Å². The molecule has 8 heteroatoms. The number of imidazole rings is 1. The first-order valence-corrected chi connectivity index (χ1v) is 9.36. The SMILES string of the molecule is Cc1ccc(-c2nc3cc(CN(C)C)ccn3c2-c2ccnc(C(F)(F)F)n2)cc1. The second-order valence-electron chi connectivity index (χ2n) is 7.44. The van der Waals surface area contributed by atoms with Crippen molar-refractivity contribution in [3.05, 3.63) is 71.8 Å². The number of fused-ring (bicyclic) bond motifs is 1. The number of halogens is 3. The van der Waals surface area contributed by atoms with Crippen molar-refractivity contribution in [2.24, 2.45) is 0 Å². The zero-order chi connectivity index (χ0) is 21.5. The Balaban J connectivity index is 1.96. The number of hydrogen-bond donors (Lipinski definition) is 0. The molecule has 0 aliphatic rings. The summed E-state index contributed by atoms with van der Waals surface area (Å²) >= 11 is 0. The van der Waals surface area contributed by atoms with Crippen molar-refractivity contribution in [3.8, 4) is 22.6 Å². The normalized spacial score (nSPS) is 12.1. The molecule has 4 aromatic rings. The largest absolute Gasteiger partial charge is 0.451 e. The molecule has 0 bridgehead atoms. The molecule has 0 spiro atoms. The molecule has 5 nitrogen and oxygen atoms in total. The van der Waals surface area contributed by atoms with Crippen LogP contribution in [0.15, 0.2) is 54.9 Å². The van der Waals surface area contributed by atoms with E-state index in [0.717, 1.165) is 29.4 Å². The predicted octanol–water partition coefficient (Wildman–Crippen LogP) is 4.85. The highest BCUT2D eigenvalue weighted by Crippen LogP contribution is 2.34. The number of alkyl halides is 3.